The Morgan fingerprint density at radius 3 is 1.70 bits per heavy atom. The van der Waals surface area contributed by atoms with Crippen molar-refractivity contribution >= 4 is 23.2 Å². The summed E-state index contributed by atoms with van der Waals surface area (Å²) in [5.74, 6) is -0.665. The van der Waals surface area contributed by atoms with Gasteiger partial charge in [0, 0.05) is 16.1 Å². The highest BCUT2D eigenvalue weighted by molar-refractivity contribution is 6.30. The Bertz CT molecular complexity index is 1200. The molecule has 4 heteroatoms. The highest BCUT2D eigenvalue weighted by Crippen LogP contribution is 2.26. The second-order valence-corrected chi connectivity index (χ2v) is 8.50. The molecule has 4 aromatic carbocycles. The van der Waals surface area contributed by atoms with Crippen LogP contribution in [0.25, 0.3) is 0 Å². The number of hydrogen-bond donors (Lipinski definition) is 1. The summed E-state index contributed by atoms with van der Waals surface area (Å²) in [4.78, 5) is 13.5. The third-order valence-electron chi connectivity index (χ3n) is 5.53. The van der Waals surface area contributed by atoms with Gasteiger partial charge in [-0.3, -0.25) is 4.79 Å². The van der Waals surface area contributed by atoms with E-state index in [2.05, 4.69) is 10.5 Å². The molecule has 0 saturated carbocycles. The van der Waals surface area contributed by atoms with E-state index in [9.17, 15) is 4.79 Å². The van der Waals surface area contributed by atoms with Crippen molar-refractivity contribution in [3.63, 3.8) is 0 Å². The molecule has 0 fully saturated rings. The van der Waals surface area contributed by atoms with Crippen molar-refractivity contribution < 1.29 is 4.79 Å². The second kappa shape index (κ2) is 10.3. The fraction of sp³-hybridized carbons (Fsp3) is 0.103. The molecule has 3 nitrogen and oxygen atoms in total. The molecule has 0 aromatic heterocycles. The van der Waals surface area contributed by atoms with E-state index >= 15 is 0 Å². The zero-order valence-electron chi connectivity index (χ0n) is 18.6. The molecule has 0 aliphatic heterocycles. The number of carbonyl (C=O) groups is 1. The van der Waals surface area contributed by atoms with Crippen LogP contribution in [0.2, 0.25) is 5.02 Å². The molecule has 33 heavy (non-hydrogen) atoms. The number of nitrogens with one attached hydrogen (secondary N) is 1. The van der Waals surface area contributed by atoms with E-state index in [4.69, 9.17) is 11.6 Å². The standard InChI is InChI=1S/C29H25ClN2O/c1-20-8-12-22(13-9-20)27(23-14-10-21(2)11-15-23)29(33)32-31-28(24-6-4-3-5-7-24)25-16-18-26(30)19-17-25/h3-19,27H,1-2H3,(H,32,33)/b31-28-. The maximum Gasteiger partial charge on any atom is 0.252 e. The average Bonchev–Trinajstić information content (AvgIpc) is 2.83. The molecule has 0 radical (unpaired) electrons. The summed E-state index contributed by atoms with van der Waals surface area (Å²) in [5, 5.41) is 5.22. The minimum absolute atomic E-state index is 0.190. The van der Waals surface area contributed by atoms with E-state index in [-0.39, 0.29) is 5.91 Å². The summed E-state index contributed by atoms with van der Waals surface area (Å²) in [5.41, 5.74) is 9.42. The first-order valence-corrected chi connectivity index (χ1v) is 11.2. The predicted molar refractivity (Wildman–Crippen MR) is 136 cm³/mol. The first kappa shape index (κ1) is 22.5. The SMILES string of the molecule is Cc1ccc(C(C(=O)N/N=C(/c2ccccc2)c2ccc(Cl)cc2)c2ccc(C)cc2)cc1. The number of aryl methyl sites for hydroxylation is 2. The number of hydrazone groups is 1. The van der Waals surface area contributed by atoms with Crippen molar-refractivity contribution in [3.8, 4) is 0 Å². The van der Waals surface area contributed by atoms with Gasteiger partial charge in [0.05, 0.1) is 11.6 Å². The van der Waals surface area contributed by atoms with Crippen LogP contribution >= 0.6 is 11.6 Å². The lowest BCUT2D eigenvalue weighted by atomic mass is 9.90. The van der Waals surface area contributed by atoms with Crippen LogP contribution in [0, 0.1) is 13.8 Å². The number of benzene rings is 4. The summed E-state index contributed by atoms with van der Waals surface area (Å²) in [7, 11) is 0. The largest absolute Gasteiger partial charge is 0.272 e. The lowest BCUT2D eigenvalue weighted by Gasteiger charge is -2.17. The van der Waals surface area contributed by atoms with Crippen molar-refractivity contribution in [2.24, 2.45) is 5.10 Å². The van der Waals surface area contributed by atoms with Gasteiger partial charge in [-0.2, -0.15) is 5.10 Å². The summed E-state index contributed by atoms with van der Waals surface area (Å²) < 4.78 is 0. The molecule has 1 amide bonds. The van der Waals surface area contributed by atoms with Crippen molar-refractivity contribution in [3.05, 3.63) is 142 Å². The van der Waals surface area contributed by atoms with Gasteiger partial charge >= 0.3 is 0 Å². The fourth-order valence-corrected chi connectivity index (χ4v) is 3.81. The van der Waals surface area contributed by atoms with Crippen LogP contribution < -0.4 is 5.43 Å². The Labute approximate surface area is 199 Å². The van der Waals surface area contributed by atoms with Crippen LogP contribution in [0.5, 0.6) is 0 Å². The van der Waals surface area contributed by atoms with Crippen molar-refractivity contribution in [2.75, 3.05) is 0 Å². The Kier molecular flexibility index (Phi) is 7.01. The average molecular weight is 453 g/mol. The number of halogens is 1. The van der Waals surface area contributed by atoms with Gasteiger partial charge in [-0.15, -0.1) is 0 Å². The van der Waals surface area contributed by atoms with Crippen LogP contribution in [0.15, 0.2) is 108 Å². The van der Waals surface area contributed by atoms with E-state index in [0.29, 0.717) is 10.7 Å². The lowest BCUT2D eigenvalue weighted by molar-refractivity contribution is -0.121. The second-order valence-electron chi connectivity index (χ2n) is 8.06. The van der Waals surface area contributed by atoms with Crippen LogP contribution in [-0.2, 0) is 4.79 Å². The molecule has 4 rings (SSSR count). The zero-order chi connectivity index (χ0) is 23.2. The molecule has 4 aromatic rings. The highest BCUT2D eigenvalue weighted by Gasteiger charge is 2.23. The van der Waals surface area contributed by atoms with Gasteiger partial charge in [0.25, 0.3) is 5.91 Å². The minimum atomic E-state index is -0.475. The number of rotatable bonds is 6. The summed E-state index contributed by atoms with van der Waals surface area (Å²) in [6, 6.07) is 33.3. The molecular weight excluding hydrogens is 428 g/mol. The molecular formula is C29H25ClN2O. The van der Waals surface area contributed by atoms with E-state index in [1.807, 2.05) is 117 Å². The van der Waals surface area contributed by atoms with Gasteiger partial charge in [-0.25, -0.2) is 5.43 Å². The number of carbonyl (C=O) groups excluding carboxylic acids is 1. The van der Waals surface area contributed by atoms with Crippen molar-refractivity contribution in [1.82, 2.24) is 5.43 Å². The molecule has 164 valence electrons. The van der Waals surface area contributed by atoms with Crippen molar-refractivity contribution in [1.29, 1.82) is 0 Å². The molecule has 0 heterocycles. The Hall–Kier alpha value is -3.69. The molecule has 0 aliphatic rings. The van der Waals surface area contributed by atoms with Gasteiger partial charge in [0.15, 0.2) is 0 Å². The predicted octanol–water partition coefficient (Wildman–Crippen LogP) is 6.66. The normalized spacial score (nSPS) is 11.5. The van der Waals surface area contributed by atoms with Crippen molar-refractivity contribution in [2.45, 2.75) is 19.8 Å². The van der Waals surface area contributed by atoms with Gasteiger partial charge in [0.2, 0.25) is 0 Å². The summed E-state index contributed by atoms with van der Waals surface area (Å²) >= 11 is 6.08. The smallest absolute Gasteiger partial charge is 0.252 e. The Morgan fingerprint density at radius 1 is 0.697 bits per heavy atom. The summed E-state index contributed by atoms with van der Waals surface area (Å²) in [6.45, 7) is 4.07. The van der Waals surface area contributed by atoms with E-state index < -0.39 is 5.92 Å². The molecule has 0 saturated heterocycles. The molecule has 0 unspecified atom stereocenters. The quantitative estimate of drug-likeness (QED) is 0.258. The zero-order valence-corrected chi connectivity index (χ0v) is 19.4. The molecule has 0 aliphatic carbocycles. The number of amides is 1. The fourth-order valence-electron chi connectivity index (χ4n) is 3.69. The molecule has 0 atom stereocenters. The van der Waals surface area contributed by atoms with Gasteiger partial charge in [-0.05, 0) is 37.1 Å². The highest BCUT2D eigenvalue weighted by atomic mass is 35.5. The maximum atomic E-state index is 13.5. The maximum absolute atomic E-state index is 13.5. The van der Waals surface area contributed by atoms with Crippen LogP contribution in [0.1, 0.15) is 39.3 Å². The molecule has 0 bridgehead atoms. The van der Waals surface area contributed by atoms with E-state index in [1.165, 1.54) is 0 Å². The minimum Gasteiger partial charge on any atom is -0.272 e. The topological polar surface area (TPSA) is 41.5 Å². The number of nitrogens with zero attached hydrogens (tertiary/aromatic N) is 1. The van der Waals surface area contributed by atoms with Gasteiger partial charge in [0.1, 0.15) is 0 Å². The first-order valence-electron chi connectivity index (χ1n) is 10.8. The van der Waals surface area contributed by atoms with Gasteiger partial charge in [-0.1, -0.05) is 114 Å². The van der Waals surface area contributed by atoms with E-state index in [0.717, 1.165) is 33.4 Å². The monoisotopic (exact) mass is 452 g/mol. The van der Waals surface area contributed by atoms with E-state index in [1.54, 1.807) is 0 Å². The Morgan fingerprint density at radius 2 is 1.18 bits per heavy atom. The van der Waals surface area contributed by atoms with Crippen LogP contribution in [0.3, 0.4) is 0 Å². The molecule has 0 spiro atoms. The third-order valence-corrected chi connectivity index (χ3v) is 5.78. The van der Waals surface area contributed by atoms with Gasteiger partial charge < -0.3 is 0 Å². The number of hydrogen-bond acceptors (Lipinski definition) is 2. The first-order chi connectivity index (χ1) is 16.0. The van der Waals surface area contributed by atoms with Crippen LogP contribution in [-0.4, -0.2) is 11.6 Å². The van der Waals surface area contributed by atoms with Crippen LogP contribution in [0.4, 0.5) is 0 Å². The molecule has 1 N–H and O–H groups in total. The third kappa shape index (κ3) is 5.57. The Balaban J connectivity index is 1.71. The lowest BCUT2D eigenvalue weighted by Crippen LogP contribution is -2.27. The summed E-state index contributed by atoms with van der Waals surface area (Å²) in [6.07, 6.45) is 0.